The molecule has 2 rings (SSSR count). The SMILES string of the molecule is CCCNC(=O)c1cccc(CNC(=NC)NCc2ccc(C)s2)c1.I. The number of thiophene rings is 1. The van der Waals surface area contributed by atoms with Crippen LogP contribution in [0, 0.1) is 6.92 Å². The number of hydrogen-bond donors (Lipinski definition) is 3. The van der Waals surface area contributed by atoms with Crippen LogP contribution in [0.1, 0.15) is 39.0 Å². The van der Waals surface area contributed by atoms with E-state index in [0.717, 1.165) is 24.5 Å². The fraction of sp³-hybridized carbons (Fsp3) is 0.368. The number of hydrogen-bond acceptors (Lipinski definition) is 3. The van der Waals surface area contributed by atoms with Crippen LogP contribution >= 0.6 is 35.3 Å². The molecule has 1 heterocycles. The van der Waals surface area contributed by atoms with E-state index in [1.165, 1.54) is 9.75 Å². The van der Waals surface area contributed by atoms with Gasteiger partial charge in [0, 0.05) is 35.5 Å². The number of nitrogens with one attached hydrogen (secondary N) is 3. The molecule has 0 atom stereocenters. The zero-order valence-corrected chi connectivity index (χ0v) is 18.6. The molecule has 142 valence electrons. The Bertz CT molecular complexity index is 730. The molecule has 0 saturated carbocycles. The molecule has 0 aliphatic rings. The number of benzene rings is 1. The van der Waals surface area contributed by atoms with Crippen molar-refractivity contribution in [3.05, 3.63) is 57.3 Å². The van der Waals surface area contributed by atoms with E-state index in [9.17, 15) is 4.79 Å². The molecule has 1 aromatic heterocycles. The summed E-state index contributed by atoms with van der Waals surface area (Å²) in [6.45, 7) is 6.19. The largest absolute Gasteiger partial charge is 0.352 e. The average molecular weight is 486 g/mol. The minimum Gasteiger partial charge on any atom is -0.352 e. The second-order valence-corrected chi connectivity index (χ2v) is 7.12. The number of guanidine groups is 1. The molecule has 1 aromatic carbocycles. The molecular weight excluding hydrogens is 459 g/mol. The number of aliphatic imine (C=N–C) groups is 1. The van der Waals surface area contributed by atoms with E-state index in [2.05, 4.69) is 40.0 Å². The zero-order chi connectivity index (χ0) is 18.1. The van der Waals surface area contributed by atoms with E-state index >= 15 is 0 Å². The maximum absolute atomic E-state index is 12.0. The molecule has 2 aromatic rings. The van der Waals surface area contributed by atoms with Gasteiger partial charge < -0.3 is 16.0 Å². The van der Waals surface area contributed by atoms with Gasteiger partial charge in [-0.2, -0.15) is 0 Å². The van der Waals surface area contributed by atoms with Gasteiger partial charge in [-0.15, -0.1) is 35.3 Å². The third kappa shape index (κ3) is 7.33. The topological polar surface area (TPSA) is 65.5 Å². The number of carbonyl (C=O) groups is 1. The van der Waals surface area contributed by atoms with Gasteiger partial charge in [-0.1, -0.05) is 19.1 Å². The standard InChI is InChI=1S/C19H26N4OS.HI/c1-4-10-21-18(24)16-7-5-6-15(11-16)12-22-19(20-3)23-13-17-9-8-14(2)25-17;/h5-9,11H,4,10,12-13H2,1-3H3,(H,21,24)(H2,20,22,23);1H. The molecule has 26 heavy (non-hydrogen) atoms. The van der Waals surface area contributed by atoms with Crippen molar-refractivity contribution in [3.8, 4) is 0 Å². The normalized spacial score (nSPS) is 10.8. The quantitative estimate of drug-likeness (QED) is 0.318. The first-order valence-electron chi connectivity index (χ1n) is 8.49. The number of nitrogens with zero attached hydrogens (tertiary/aromatic N) is 1. The van der Waals surface area contributed by atoms with Crippen LogP contribution in [-0.2, 0) is 13.1 Å². The molecule has 0 fully saturated rings. The maximum Gasteiger partial charge on any atom is 0.251 e. The molecule has 1 amide bonds. The van der Waals surface area contributed by atoms with E-state index in [-0.39, 0.29) is 29.9 Å². The summed E-state index contributed by atoms with van der Waals surface area (Å²) in [6.07, 6.45) is 0.929. The van der Waals surface area contributed by atoms with Crippen LogP contribution in [0.3, 0.4) is 0 Å². The molecule has 0 aliphatic heterocycles. The van der Waals surface area contributed by atoms with Crippen molar-refractivity contribution in [3.63, 3.8) is 0 Å². The fourth-order valence-electron chi connectivity index (χ4n) is 2.32. The highest BCUT2D eigenvalue weighted by atomic mass is 127. The molecule has 0 saturated heterocycles. The second-order valence-electron chi connectivity index (χ2n) is 5.75. The Morgan fingerprint density at radius 2 is 1.88 bits per heavy atom. The lowest BCUT2D eigenvalue weighted by Crippen LogP contribution is -2.36. The lowest BCUT2D eigenvalue weighted by molar-refractivity contribution is 0.0953. The van der Waals surface area contributed by atoms with E-state index < -0.39 is 0 Å². The lowest BCUT2D eigenvalue weighted by atomic mass is 10.1. The summed E-state index contributed by atoms with van der Waals surface area (Å²) in [4.78, 5) is 18.9. The molecule has 0 bridgehead atoms. The molecular formula is C19H27IN4OS. The first kappa shape index (κ1) is 22.4. The van der Waals surface area contributed by atoms with Gasteiger partial charge in [0.05, 0.1) is 6.54 Å². The second kappa shape index (κ2) is 11.9. The maximum atomic E-state index is 12.0. The highest BCUT2D eigenvalue weighted by Gasteiger charge is 2.06. The van der Waals surface area contributed by atoms with Gasteiger partial charge in [-0.05, 0) is 43.2 Å². The Labute approximate surface area is 176 Å². The lowest BCUT2D eigenvalue weighted by Gasteiger charge is -2.12. The first-order chi connectivity index (χ1) is 12.1. The van der Waals surface area contributed by atoms with Crippen LogP contribution in [0.4, 0.5) is 0 Å². The predicted molar refractivity (Wildman–Crippen MR) is 121 cm³/mol. The number of carbonyl (C=O) groups excluding carboxylic acids is 1. The molecule has 5 nitrogen and oxygen atoms in total. The van der Waals surface area contributed by atoms with Gasteiger partial charge in [-0.25, -0.2) is 0 Å². The summed E-state index contributed by atoms with van der Waals surface area (Å²) in [5, 5.41) is 9.49. The molecule has 0 aliphatic carbocycles. The smallest absolute Gasteiger partial charge is 0.251 e. The van der Waals surface area contributed by atoms with Crippen molar-refractivity contribution in [2.45, 2.75) is 33.4 Å². The van der Waals surface area contributed by atoms with Crippen molar-refractivity contribution in [2.24, 2.45) is 4.99 Å². The van der Waals surface area contributed by atoms with Gasteiger partial charge in [0.15, 0.2) is 5.96 Å². The van der Waals surface area contributed by atoms with Crippen molar-refractivity contribution in [1.29, 1.82) is 0 Å². The van der Waals surface area contributed by atoms with Gasteiger partial charge in [0.2, 0.25) is 0 Å². The predicted octanol–water partition coefficient (Wildman–Crippen LogP) is 3.68. The summed E-state index contributed by atoms with van der Waals surface area (Å²) in [5.74, 6) is 0.714. The van der Waals surface area contributed by atoms with E-state index in [1.54, 1.807) is 18.4 Å². The van der Waals surface area contributed by atoms with Crippen molar-refractivity contribution >= 4 is 47.2 Å². The Hall–Kier alpha value is -1.61. The van der Waals surface area contributed by atoms with Crippen LogP contribution in [0.2, 0.25) is 0 Å². The van der Waals surface area contributed by atoms with Gasteiger partial charge in [0.1, 0.15) is 0 Å². The average Bonchev–Trinajstić information content (AvgIpc) is 3.05. The first-order valence-corrected chi connectivity index (χ1v) is 9.31. The van der Waals surface area contributed by atoms with Crippen molar-refractivity contribution in [1.82, 2.24) is 16.0 Å². The van der Waals surface area contributed by atoms with Gasteiger partial charge >= 0.3 is 0 Å². The van der Waals surface area contributed by atoms with Crippen molar-refractivity contribution < 1.29 is 4.79 Å². The van der Waals surface area contributed by atoms with Crippen LogP contribution in [-0.4, -0.2) is 25.5 Å². The molecule has 0 spiro atoms. The minimum atomic E-state index is -0.0285. The summed E-state index contributed by atoms with van der Waals surface area (Å²) in [6, 6.07) is 11.9. The van der Waals surface area contributed by atoms with Gasteiger partial charge in [0.25, 0.3) is 5.91 Å². The van der Waals surface area contributed by atoms with E-state index in [1.807, 2.05) is 31.2 Å². The number of aryl methyl sites for hydroxylation is 1. The third-order valence-corrected chi connectivity index (χ3v) is 4.64. The monoisotopic (exact) mass is 486 g/mol. The molecule has 7 heteroatoms. The van der Waals surface area contributed by atoms with Crippen LogP contribution in [0.25, 0.3) is 0 Å². The Morgan fingerprint density at radius 3 is 2.54 bits per heavy atom. The number of halogens is 1. The summed E-state index contributed by atoms with van der Waals surface area (Å²) >= 11 is 1.78. The van der Waals surface area contributed by atoms with Crippen LogP contribution < -0.4 is 16.0 Å². The highest BCUT2D eigenvalue weighted by molar-refractivity contribution is 14.0. The van der Waals surface area contributed by atoms with Crippen LogP contribution in [0.15, 0.2) is 41.4 Å². The Morgan fingerprint density at radius 1 is 1.12 bits per heavy atom. The minimum absolute atomic E-state index is 0. The molecule has 3 N–H and O–H groups in total. The summed E-state index contributed by atoms with van der Waals surface area (Å²) in [7, 11) is 1.75. The van der Waals surface area contributed by atoms with Crippen LogP contribution in [0.5, 0.6) is 0 Å². The number of rotatable bonds is 7. The van der Waals surface area contributed by atoms with Gasteiger partial charge in [-0.3, -0.25) is 9.79 Å². The third-order valence-electron chi connectivity index (χ3n) is 3.63. The summed E-state index contributed by atoms with van der Waals surface area (Å²) in [5.41, 5.74) is 1.73. The zero-order valence-electron chi connectivity index (χ0n) is 15.5. The Balaban J connectivity index is 0.00000338. The highest BCUT2D eigenvalue weighted by Crippen LogP contribution is 2.14. The van der Waals surface area contributed by atoms with E-state index in [0.29, 0.717) is 18.7 Å². The number of amides is 1. The van der Waals surface area contributed by atoms with Crippen molar-refractivity contribution in [2.75, 3.05) is 13.6 Å². The molecule has 0 radical (unpaired) electrons. The fourth-order valence-corrected chi connectivity index (χ4v) is 3.15. The summed E-state index contributed by atoms with van der Waals surface area (Å²) < 4.78 is 0. The molecule has 0 unspecified atom stereocenters. The Kier molecular flexibility index (Phi) is 10.3. The van der Waals surface area contributed by atoms with E-state index in [4.69, 9.17) is 0 Å².